The van der Waals surface area contributed by atoms with Crippen molar-refractivity contribution in [1.82, 2.24) is 0 Å². The predicted molar refractivity (Wildman–Crippen MR) is 94.2 cm³/mol. The minimum absolute atomic E-state index is 0.120. The smallest absolute Gasteiger partial charge is 0.120 e. The Morgan fingerprint density at radius 3 is 2.33 bits per heavy atom. The normalized spacial score (nSPS) is 19.7. The first kappa shape index (κ1) is 14.9. The lowest BCUT2D eigenvalue weighted by molar-refractivity contribution is 0.0720. The average Bonchev–Trinajstić information content (AvgIpc) is 2.88. The third-order valence-corrected chi connectivity index (χ3v) is 7.60. The van der Waals surface area contributed by atoms with Crippen molar-refractivity contribution in [2.45, 2.75) is 48.6 Å². The second-order valence-corrected chi connectivity index (χ2v) is 7.42. The first-order chi connectivity index (χ1) is 8.69. The highest BCUT2D eigenvalue weighted by molar-refractivity contribution is 14.1. The average molecular weight is 470 g/mol. The van der Waals surface area contributed by atoms with Crippen molar-refractivity contribution in [3.05, 3.63) is 29.8 Å². The zero-order valence-electron chi connectivity index (χ0n) is 10.8. The standard InChI is InChI=1S/C15H20I2O/c1-2-15(9-3-4-10-15)18-13-7-5-12(6-8-13)14(17)11-16/h5-8,14H,2-4,9-11H2,1H3. The van der Waals surface area contributed by atoms with E-state index in [0.29, 0.717) is 3.92 Å². The van der Waals surface area contributed by atoms with Gasteiger partial charge >= 0.3 is 0 Å². The van der Waals surface area contributed by atoms with E-state index >= 15 is 0 Å². The second kappa shape index (κ2) is 6.77. The van der Waals surface area contributed by atoms with E-state index in [4.69, 9.17) is 4.74 Å². The maximum atomic E-state index is 6.28. The molecule has 0 spiro atoms. The molecule has 1 unspecified atom stereocenters. The molecule has 0 heterocycles. The highest BCUT2D eigenvalue weighted by atomic mass is 127. The fraction of sp³-hybridized carbons (Fsp3) is 0.600. The minimum Gasteiger partial charge on any atom is -0.487 e. The van der Waals surface area contributed by atoms with Gasteiger partial charge in [0, 0.05) is 8.35 Å². The molecular weight excluding hydrogens is 450 g/mol. The monoisotopic (exact) mass is 470 g/mol. The molecule has 0 bridgehead atoms. The van der Waals surface area contributed by atoms with Crippen LogP contribution >= 0.6 is 45.2 Å². The molecule has 1 aromatic carbocycles. The van der Waals surface area contributed by atoms with Crippen LogP contribution < -0.4 is 4.74 Å². The van der Waals surface area contributed by atoms with E-state index in [-0.39, 0.29) is 5.60 Å². The Morgan fingerprint density at radius 2 is 1.83 bits per heavy atom. The number of hydrogen-bond donors (Lipinski definition) is 0. The van der Waals surface area contributed by atoms with Crippen molar-refractivity contribution in [2.24, 2.45) is 0 Å². The summed E-state index contributed by atoms with van der Waals surface area (Å²) in [4.78, 5) is 0. The van der Waals surface area contributed by atoms with E-state index in [2.05, 4.69) is 76.4 Å². The largest absolute Gasteiger partial charge is 0.487 e. The molecule has 0 aliphatic heterocycles. The third-order valence-electron chi connectivity index (χ3n) is 3.87. The Balaban J connectivity index is 2.05. The van der Waals surface area contributed by atoms with E-state index in [0.717, 1.165) is 16.6 Å². The van der Waals surface area contributed by atoms with Gasteiger partial charge in [-0.25, -0.2) is 0 Å². The Labute approximate surface area is 137 Å². The van der Waals surface area contributed by atoms with Crippen molar-refractivity contribution in [1.29, 1.82) is 0 Å². The van der Waals surface area contributed by atoms with Gasteiger partial charge in [0.2, 0.25) is 0 Å². The Hall–Kier alpha value is 0.480. The Morgan fingerprint density at radius 1 is 1.22 bits per heavy atom. The SMILES string of the molecule is CCC1(Oc2ccc(C(I)CI)cc2)CCCC1. The number of rotatable bonds is 5. The molecule has 100 valence electrons. The van der Waals surface area contributed by atoms with Gasteiger partial charge in [0.15, 0.2) is 0 Å². The predicted octanol–water partition coefficient (Wildman–Crippen LogP) is 5.70. The molecule has 0 radical (unpaired) electrons. The van der Waals surface area contributed by atoms with E-state index < -0.39 is 0 Å². The van der Waals surface area contributed by atoms with E-state index in [1.165, 1.54) is 31.2 Å². The van der Waals surface area contributed by atoms with Crippen LogP contribution in [0, 0.1) is 0 Å². The fourth-order valence-electron chi connectivity index (χ4n) is 2.63. The van der Waals surface area contributed by atoms with Gasteiger partial charge in [0.1, 0.15) is 11.4 Å². The maximum absolute atomic E-state index is 6.28. The summed E-state index contributed by atoms with van der Waals surface area (Å²) >= 11 is 4.93. The van der Waals surface area contributed by atoms with Crippen molar-refractivity contribution in [3.8, 4) is 5.75 Å². The lowest BCUT2D eigenvalue weighted by atomic mass is 9.98. The zero-order valence-corrected chi connectivity index (χ0v) is 15.1. The molecule has 3 heteroatoms. The zero-order chi connectivity index (χ0) is 13.0. The molecule has 0 aromatic heterocycles. The molecule has 1 saturated carbocycles. The van der Waals surface area contributed by atoms with Crippen LogP contribution in [0.3, 0.4) is 0 Å². The summed E-state index contributed by atoms with van der Waals surface area (Å²) in [5.41, 5.74) is 1.52. The van der Waals surface area contributed by atoms with Gasteiger partial charge < -0.3 is 4.74 Å². The summed E-state index contributed by atoms with van der Waals surface area (Å²) in [5, 5.41) is 0. The Kier molecular flexibility index (Phi) is 5.60. The van der Waals surface area contributed by atoms with Crippen molar-refractivity contribution >= 4 is 45.2 Å². The molecule has 1 aliphatic carbocycles. The van der Waals surface area contributed by atoms with Crippen LogP contribution in [0.25, 0.3) is 0 Å². The summed E-state index contributed by atoms with van der Waals surface area (Å²) in [5.74, 6) is 1.04. The fourth-order valence-corrected chi connectivity index (χ4v) is 3.55. The Bertz CT molecular complexity index is 369. The van der Waals surface area contributed by atoms with E-state index in [1.54, 1.807) is 0 Å². The topological polar surface area (TPSA) is 9.23 Å². The van der Waals surface area contributed by atoms with Gasteiger partial charge in [-0.05, 0) is 49.8 Å². The summed E-state index contributed by atoms with van der Waals surface area (Å²) in [7, 11) is 0. The summed E-state index contributed by atoms with van der Waals surface area (Å²) in [6.07, 6.45) is 6.19. The highest BCUT2D eigenvalue weighted by Crippen LogP contribution is 2.37. The first-order valence-electron chi connectivity index (χ1n) is 6.68. The molecule has 0 N–H and O–H groups in total. The summed E-state index contributed by atoms with van der Waals surface area (Å²) < 4.78 is 8.03. The molecular formula is C15H20I2O. The molecule has 1 fully saturated rings. The number of alkyl halides is 2. The van der Waals surface area contributed by atoms with Gasteiger partial charge in [-0.2, -0.15) is 0 Å². The minimum atomic E-state index is 0.120. The summed E-state index contributed by atoms with van der Waals surface area (Å²) in [6, 6.07) is 8.71. The highest BCUT2D eigenvalue weighted by Gasteiger charge is 2.34. The quantitative estimate of drug-likeness (QED) is 0.397. The van der Waals surface area contributed by atoms with Gasteiger partial charge in [0.25, 0.3) is 0 Å². The lowest BCUT2D eigenvalue weighted by Crippen LogP contribution is -2.31. The molecule has 1 atom stereocenters. The van der Waals surface area contributed by atoms with Gasteiger partial charge in [-0.3, -0.25) is 0 Å². The van der Waals surface area contributed by atoms with Crippen molar-refractivity contribution in [3.63, 3.8) is 0 Å². The number of ether oxygens (including phenoxy) is 1. The molecule has 1 nitrogen and oxygen atoms in total. The van der Waals surface area contributed by atoms with Crippen molar-refractivity contribution in [2.75, 3.05) is 4.43 Å². The van der Waals surface area contributed by atoms with Crippen molar-refractivity contribution < 1.29 is 4.74 Å². The van der Waals surface area contributed by atoms with Gasteiger partial charge in [-0.1, -0.05) is 64.2 Å². The van der Waals surface area contributed by atoms with Crippen LogP contribution in [0.5, 0.6) is 5.75 Å². The van der Waals surface area contributed by atoms with Crippen LogP contribution in [0.4, 0.5) is 0 Å². The number of benzene rings is 1. The maximum Gasteiger partial charge on any atom is 0.120 e. The van der Waals surface area contributed by atoms with Gasteiger partial charge in [-0.15, -0.1) is 0 Å². The van der Waals surface area contributed by atoms with E-state index in [9.17, 15) is 0 Å². The van der Waals surface area contributed by atoms with E-state index in [1.807, 2.05) is 0 Å². The molecule has 1 aliphatic rings. The molecule has 18 heavy (non-hydrogen) atoms. The third kappa shape index (κ3) is 3.52. The van der Waals surface area contributed by atoms with Gasteiger partial charge in [0.05, 0.1) is 0 Å². The van der Waals surface area contributed by atoms with Crippen LogP contribution in [0.15, 0.2) is 24.3 Å². The molecule has 1 aromatic rings. The lowest BCUT2D eigenvalue weighted by Gasteiger charge is -2.29. The molecule has 2 rings (SSSR count). The molecule has 0 amide bonds. The number of halogens is 2. The van der Waals surface area contributed by atoms with Crippen LogP contribution in [0.2, 0.25) is 0 Å². The van der Waals surface area contributed by atoms with Crippen LogP contribution in [-0.4, -0.2) is 10.0 Å². The summed E-state index contributed by atoms with van der Waals surface area (Å²) in [6.45, 7) is 2.25. The van der Waals surface area contributed by atoms with Crippen LogP contribution in [0.1, 0.15) is 48.5 Å². The molecule has 0 saturated heterocycles. The first-order valence-corrected chi connectivity index (χ1v) is 9.45. The van der Waals surface area contributed by atoms with Crippen LogP contribution in [-0.2, 0) is 0 Å². The second-order valence-electron chi connectivity index (χ2n) is 5.04. The number of hydrogen-bond acceptors (Lipinski definition) is 1.